The molecule has 1 atom stereocenters. The Kier molecular flexibility index (Phi) is 6.68. The molecule has 1 N–H and O–H groups in total. The van der Waals surface area contributed by atoms with E-state index < -0.39 is 17.7 Å². The molecule has 3 aromatic rings. The lowest BCUT2D eigenvalue weighted by atomic mass is 9.98. The summed E-state index contributed by atoms with van der Waals surface area (Å²) in [6, 6.07) is 18.1. The van der Waals surface area contributed by atoms with Gasteiger partial charge in [0, 0.05) is 13.0 Å². The number of ether oxygens (including phenoxy) is 1. The van der Waals surface area contributed by atoms with Gasteiger partial charge in [-0.2, -0.15) is 0 Å². The molecule has 170 valence electrons. The minimum atomic E-state index is -0.937. The van der Waals surface area contributed by atoms with Crippen LogP contribution in [-0.4, -0.2) is 24.5 Å². The van der Waals surface area contributed by atoms with E-state index in [2.05, 4.69) is 5.32 Å². The number of nitrogens with zero attached hydrogens (tertiary/aromatic N) is 1. The minimum Gasteiger partial charge on any atom is -0.466 e. The second-order valence-corrected chi connectivity index (χ2v) is 7.90. The number of benzene rings is 3. The number of para-hydroxylation sites is 2. The molecule has 1 aliphatic rings. The molecule has 1 heterocycles. The Labute approximate surface area is 191 Å². The smallest absolute Gasteiger partial charge is 0.310 e. The standard InChI is InChI=1S/C26H24F2N2O3/c1-2-33-25(31)15-17-7-9-18(10-8-17)16-30-23-6-4-3-5-22(23)29-26(32)24(30)14-19-11-12-20(27)21(28)13-19/h3-13,24H,2,14-16H2,1H3,(H,29,32)/t24-/m1/s1. The van der Waals surface area contributed by atoms with Crippen molar-refractivity contribution in [1.82, 2.24) is 0 Å². The quantitative estimate of drug-likeness (QED) is 0.533. The van der Waals surface area contributed by atoms with Gasteiger partial charge >= 0.3 is 5.97 Å². The molecule has 0 fully saturated rings. The molecule has 0 bridgehead atoms. The van der Waals surface area contributed by atoms with E-state index in [-0.39, 0.29) is 24.7 Å². The molecule has 7 heteroatoms. The molecule has 5 nitrogen and oxygen atoms in total. The van der Waals surface area contributed by atoms with Crippen LogP contribution in [0.3, 0.4) is 0 Å². The summed E-state index contributed by atoms with van der Waals surface area (Å²) in [7, 11) is 0. The highest BCUT2D eigenvalue weighted by Gasteiger charge is 2.33. The molecule has 4 rings (SSSR count). The second kappa shape index (κ2) is 9.81. The summed E-state index contributed by atoms with van der Waals surface area (Å²) in [6.45, 7) is 2.54. The van der Waals surface area contributed by atoms with Crippen molar-refractivity contribution in [2.24, 2.45) is 0 Å². The van der Waals surface area contributed by atoms with Crippen molar-refractivity contribution in [1.29, 1.82) is 0 Å². The topological polar surface area (TPSA) is 58.6 Å². The summed E-state index contributed by atoms with van der Waals surface area (Å²) in [4.78, 5) is 26.7. The fourth-order valence-electron chi connectivity index (χ4n) is 3.98. The second-order valence-electron chi connectivity index (χ2n) is 7.90. The summed E-state index contributed by atoms with van der Waals surface area (Å²) >= 11 is 0. The monoisotopic (exact) mass is 450 g/mol. The number of esters is 1. The number of hydrogen-bond acceptors (Lipinski definition) is 4. The van der Waals surface area contributed by atoms with Gasteiger partial charge < -0.3 is 15.0 Å². The SMILES string of the molecule is CCOC(=O)Cc1ccc(CN2c3ccccc3NC(=O)[C@H]2Cc2ccc(F)c(F)c2)cc1. The molecular weight excluding hydrogens is 426 g/mol. The summed E-state index contributed by atoms with van der Waals surface area (Å²) in [5.74, 6) is -2.35. The van der Waals surface area contributed by atoms with Gasteiger partial charge in [0.1, 0.15) is 6.04 Å². The zero-order chi connectivity index (χ0) is 23.4. The average molecular weight is 450 g/mol. The summed E-state index contributed by atoms with van der Waals surface area (Å²) in [6.07, 6.45) is 0.417. The molecule has 0 spiro atoms. The van der Waals surface area contributed by atoms with Crippen molar-refractivity contribution in [3.05, 3.63) is 95.1 Å². The van der Waals surface area contributed by atoms with Crippen LogP contribution < -0.4 is 10.2 Å². The highest BCUT2D eigenvalue weighted by molar-refractivity contribution is 6.03. The first-order chi connectivity index (χ1) is 15.9. The lowest BCUT2D eigenvalue weighted by Crippen LogP contribution is -2.49. The zero-order valence-electron chi connectivity index (χ0n) is 18.2. The van der Waals surface area contributed by atoms with E-state index in [9.17, 15) is 18.4 Å². The van der Waals surface area contributed by atoms with E-state index in [1.54, 1.807) is 6.92 Å². The van der Waals surface area contributed by atoms with E-state index in [4.69, 9.17) is 4.74 Å². The van der Waals surface area contributed by atoms with Gasteiger partial charge in [0.15, 0.2) is 11.6 Å². The van der Waals surface area contributed by atoms with Crippen molar-refractivity contribution in [3.8, 4) is 0 Å². The van der Waals surface area contributed by atoms with Gasteiger partial charge in [-0.1, -0.05) is 42.5 Å². The van der Waals surface area contributed by atoms with Crippen molar-refractivity contribution < 1.29 is 23.1 Å². The lowest BCUT2D eigenvalue weighted by Gasteiger charge is -2.38. The lowest BCUT2D eigenvalue weighted by molar-refractivity contribution is -0.142. The molecular formula is C26H24F2N2O3. The van der Waals surface area contributed by atoms with Gasteiger partial charge in [-0.15, -0.1) is 0 Å². The largest absolute Gasteiger partial charge is 0.466 e. The highest BCUT2D eigenvalue weighted by atomic mass is 19.2. The van der Waals surface area contributed by atoms with E-state index in [0.29, 0.717) is 24.4 Å². The fraction of sp³-hybridized carbons (Fsp3) is 0.231. The summed E-state index contributed by atoms with van der Waals surface area (Å²) < 4.78 is 32.1. The van der Waals surface area contributed by atoms with Crippen LogP contribution in [-0.2, 0) is 33.7 Å². The van der Waals surface area contributed by atoms with Crippen molar-refractivity contribution in [3.63, 3.8) is 0 Å². The van der Waals surface area contributed by atoms with Gasteiger partial charge in [-0.05, 0) is 47.9 Å². The van der Waals surface area contributed by atoms with E-state index in [0.717, 1.165) is 28.9 Å². The normalized spacial score (nSPS) is 15.1. The third-order valence-electron chi connectivity index (χ3n) is 5.59. The van der Waals surface area contributed by atoms with Crippen LogP contribution in [0.1, 0.15) is 23.6 Å². The average Bonchev–Trinajstić information content (AvgIpc) is 2.80. The van der Waals surface area contributed by atoms with Crippen LogP contribution >= 0.6 is 0 Å². The van der Waals surface area contributed by atoms with E-state index in [1.165, 1.54) is 6.07 Å². The number of hydrogen-bond donors (Lipinski definition) is 1. The number of halogens is 2. The number of nitrogens with one attached hydrogen (secondary N) is 1. The van der Waals surface area contributed by atoms with Crippen LogP contribution in [0, 0.1) is 11.6 Å². The first kappa shape index (κ1) is 22.5. The molecule has 0 unspecified atom stereocenters. The molecule has 0 aliphatic carbocycles. The minimum absolute atomic E-state index is 0.196. The Hall–Kier alpha value is -3.74. The first-order valence-corrected chi connectivity index (χ1v) is 10.8. The molecule has 0 radical (unpaired) electrons. The first-order valence-electron chi connectivity index (χ1n) is 10.8. The van der Waals surface area contributed by atoms with Crippen LogP contribution in [0.2, 0.25) is 0 Å². The zero-order valence-corrected chi connectivity index (χ0v) is 18.2. The van der Waals surface area contributed by atoms with Crippen molar-refractivity contribution >= 4 is 23.3 Å². The Morgan fingerprint density at radius 1 is 0.970 bits per heavy atom. The molecule has 33 heavy (non-hydrogen) atoms. The number of carbonyl (C=O) groups is 2. The maximum atomic E-state index is 13.8. The van der Waals surface area contributed by atoms with Gasteiger partial charge in [-0.3, -0.25) is 9.59 Å². The van der Waals surface area contributed by atoms with Crippen LogP contribution in [0.15, 0.2) is 66.7 Å². The molecule has 1 aliphatic heterocycles. The van der Waals surface area contributed by atoms with Crippen LogP contribution in [0.25, 0.3) is 0 Å². The van der Waals surface area contributed by atoms with Crippen LogP contribution in [0.4, 0.5) is 20.2 Å². The Bertz CT molecular complexity index is 1160. The van der Waals surface area contributed by atoms with Crippen LogP contribution in [0.5, 0.6) is 0 Å². The predicted molar refractivity (Wildman–Crippen MR) is 122 cm³/mol. The Morgan fingerprint density at radius 3 is 2.39 bits per heavy atom. The highest BCUT2D eigenvalue weighted by Crippen LogP contribution is 2.34. The maximum absolute atomic E-state index is 13.8. The summed E-state index contributed by atoms with van der Waals surface area (Å²) in [5.41, 5.74) is 3.86. The third kappa shape index (κ3) is 5.19. The van der Waals surface area contributed by atoms with Gasteiger partial charge in [-0.25, -0.2) is 8.78 Å². The Balaban J connectivity index is 1.60. The van der Waals surface area contributed by atoms with E-state index in [1.807, 2.05) is 53.4 Å². The Morgan fingerprint density at radius 2 is 1.67 bits per heavy atom. The third-order valence-corrected chi connectivity index (χ3v) is 5.59. The number of rotatable bonds is 7. The molecule has 3 aromatic carbocycles. The van der Waals surface area contributed by atoms with Crippen molar-refractivity contribution in [2.45, 2.75) is 32.4 Å². The predicted octanol–water partition coefficient (Wildman–Crippen LogP) is 4.64. The number of anilines is 2. The molecule has 0 saturated heterocycles. The number of carbonyl (C=O) groups excluding carboxylic acids is 2. The maximum Gasteiger partial charge on any atom is 0.310 e. The van der Waals surface area contributed by atoms with Crippen molar-refractivity contribution in [2.75, 3.05) is 16.8 Å². The number of fused-ring (bicyclic) bond motifs is 1. The van der Waals surface area contributed by atoms with E-state index >= 15 is 0 Å². The molecule has 0 aromatic heterocycles. The van der Waals surface area contributed by atoms with Gasteiger partial charge in [0.2, 0.25) is 5.91 Å². The molecule has 0 saturated carbocycles. The summed E-state index contributed by atoms with van der Waals surface area (Å²) in [5, 5.41) is 2.91. The fourth-order valence-corrected chi connectivity index (χ4v) is 3.98. The molecule has 1 amide bonds. The number of amides is 1. The van der Waals surface area contributed by atoms with Gasteiger partial charge in [0.05, 0.1) is 24.4 Å². The van der Waals surface area contributed by atoms with Gasteiger partial charge in [0.25, 0.3) is 0 Å².